The van der Waals surface area contributed by atoms with Crippen molar-refractivity contribution in [3.63, 3.8) is 0 Å². The molecular formula is C16H25F3N3O3S+. The minimum absolute atomic E-state index is 0.0512. The molecule has 0 aromatic heterocycles. The van der Waals surface area contributed by atoms with Crippen LogP contribution in [-0.4, -0.2) is 54.2 Å². The summed E-state index contributed by atoms with van der Waals surface area (Å²) >= 11 is 0. The Morgan fingerprint density at radius 2 is 1.62 bits per heavy atom. The first kappa shape index (κ1) is 22.4. The Labute approximate surface area is 151 Å². The molecule has 0 aliphatic heterocycles. The second-order valence-corrected chi connectivity index (χ2v) is 8.96. The van der Waals surface area contributed by atoms with Crippen LogP contribution in [0.2, 0.25) is 0 Å². The average molecular weight is 396 g/mol. The van der Waals surface area contributed by atoms with Gasteiger partial charge in [-0.1, -0.05) is 13.8 Å². The lowest BCUT2D eigenvalue weighted by molar-refractivity contribution is -0.865. The molecule has 1 amide bonds. The van der Waals surface area contributed by atoms with Gasteiger partial charge in [-0.25, -0.2) is 13.1 Å². The van der Waals surface area contributed by atoms with Crippen LogP contribution in [0.5, 0.6) is 0 Å². The number of carbonyl (C=O) groups excluding carboxylic acids is 1. The highest BCUT2D eigenvalue weighted by molar-refractivity contribution is 7.89. The van der Waals surface area contributed by atoms with Gasteiger partial charge in [-0.2, -0.15) is 13.2 Å². The van der Waals surface area contributed by atoms with E-state index in [1.54, 1.807) is 5.32 Å². The van der Waals surface area contributed by atoms with Gasteiger partial charge in [0, 0.05) is 17.5 Å². The van der Waals surface area contributed by atoms with Crippen molar-refractivity contribution < 1.29 is 31.3 Å². The second kappa shape index (κ2) is 8.36. The van der Waals surface area contributed by atoms with Crippen LogP contribution in [0.1, 0.15) is 24.2 Å². The molecule has 1 aromatic rings. The minimum atomic E-state index is -4.51. The van der Waals surface area contributed by atoms with Crippen LogP contribution in [0.4, 0.5) is 13.2 Å². The molecule has 0 radical (unpaired) electrons. The van der Waals surface area contributed by atoms with E-state index in [1.165, 1.54) is 29.2 Å². The lowest BCUT2D eigenvalue weighted by atomic mass is 9.93. The number of hydrogen-bond acceptors (Lipinski definition) is 3. The first-order chi connectivity index (χ1) is 11.7. The zero-order chi connectivity index (χ0) is 20.2. The van der Waals surface area contributed by atoms with E-state index in [1.807, 2.05) is 27.9 Å². The fourth-order valence-electron chi connectivity index (χ4n) is 2.46. The quantitative estimate of drug-likeness (QED) is 0.596. The second-order valence-electron chi connectivity index (χ2n) is 7.19. The molecule has 1 aromatic carbocycles. The van der Waals surface area contributed by atoms with E-state index >= 15 is 0 Å². The number of quaternary nitrogens is 1. The Hall–Kier alpha value is -1.65. The van der Waals surface area contributed by atoms with Crippen molar-refractivity contribution in [2.75, 3.05) is 33.7 Å². The third-order valence-corrected chi connectivity index (χ3v) is 4.87. The van der Waals surface area contributed by atoms with Crippen LogP contribution < -0.4 is 14.9 Å². The molecule has 1 rings (SSSR count). The molecule has 0 bridgehead atoms. The number of halogens is 3. The molecule has 6 nitrogen and oxygen atoms in total. The summed E-state index contributed by atoms with van der Waals surface area (Å²) in [5, 5.41) is 1.73. The van der Waals surface area contributed by atoms with Gasteiger partial charge < -0.3 is 10.2 Å². The van der Waals surface area contributed by atoms with Crippen molar-refractivity contribution in [2.24, 2.45) is 5.41 Å². The maximum atomic E-state index is 12.3. The van der Waals surface area contributed by atoms with Crippen LogP contribution in [0, 0.1) is 5.41 Å². The lowest BCUT2D eigenvalue weighted by Crippen LogP contribution is -3.07. The fraction of sp³-hybridized carbons (Fsp3) is 0.562. The highest BCUT2D eigenvalue weighted by Crippen LogP contribution is 2.16. The smallest absolute Gasteiger partial charge is 0.343 e. The molecule has 0 saturated heterocycles. The lowest BCUT2D eigenvalue weighted by Gasteiger charge is -2.26. The van der Waals surface area contributed by atoms with Gasteiger partial charge in [0.05, 0.1) is 25.5 Å². The van der Waals surface area contributed by atoms with Gasteiger partial charge in [0.1, 0.15) is 6.54 Å². The summed E-state index contributed by atoms with van der Waals surface area (Å²) in [5.41, 5.74) is -0.312. The normalized spacial score (nSPS) is 13.1. The topological polar surface area (TPSA) is 79.7 Å². The summed E-state index contributed by atoms with van der Waals surface area (Å²) in [6.45, 7) is 3.42. The van der Waals surface area contributed by atoms with E-state index in [0.717, 1.165) is 6.54 Å². The van der Waals surface area contributed by atoms with E-state index < -0.39 is 28.7 Å². The predicted octanol–water partition coefficient (Wildman–Crippen LogP) is 0.428. The minimum Gasteiger partial charge on any atom is -0.343 e. The zero-order valence-electron chi connectivity index (χ0n) is 15.2. The Kier molecular flexibility index (Phi) is 7.20. The van der Waals surface area contributed by atoms with E-state index in [2.05, 4.69) is 4.72 Å². The van der Waals surface area contributed by atoms with Crippen molar-refractivity contribution in [3.8, 4) is 0 Å². The number of amides is 1. The average Bonchev–Trinajstić information content (AvgIpc) is 2.49. The summed E-state index contributed by atoms with van der Waals surface area (Å²) in [7, 11) is 0.164. The monoisotopic (exact) mass is 396 g/mol. The zero-order valence-corrected chi connectivity index (χ0v) is 16.0. The number of carbonyl (C=O) groups is 1. The number of hydrogen-bond donors (Lipinski definition) is 3. The Morgan fingerprint density at radius 3 is 2.08 bits per heavy atom. The van der Waals surface area contributed by atoms with Gasteiger partial charge in [0.15, 0.2) is 0 Å². The van der Waals surface area contributed by atoms with Crippen molar-refractivity contribution in [2.45, 2.75) is 24.9 Å². The van der Waals surface area contributed by atoms with E-state index in [4.69, 9.17) is 0 Å². The molecule has 3 N–H and O–H groups in total. The van der Waals surface area contributed by atoms with Gasteiger partial charge >= 0.3 is 6.18 Å². The van der Waals surface area contributed by atoms with Gasteiger partial charge in [0.25, 0.3) is 5.91 Å². The summed E-state index contributed by atoms with van der Waals surface area (Å²) in [6.07, 6.45) is -4.51. The molecule has 0 saturated carbocycles. The van der Waals surface area contributed by atoms with Crippen LogP contribution in [0.15, 0.2) is 29.2 Å². The highest BCUT2D eigenvalue weighted by Gasteiger charge is 2.28. The van der Waals surface area contributed by atoms with Crippen molar-refractivity contribution in [1.29, 1.82) is 0 Å². The number of benzene rings is 1. The van der Waals surface area contributed by atoms with Crippen molar-refractivity contribution in [3.05, 3.63) is 29.8 Å². The molecule has 0 heterocycles. The van der Waals surface area contributed by atoms with Crippen molar-refractivity contribution >= 4 is 15.9 Å². The van der Waals surface area contributed by atoms with E-state index in [9.17, 15) is 26.4 Å². The molecule has 0 atom stereocenters. The first-order valence-corrected chi connectivity index (χ1v) is 9.44. The van der Waals surface area contributed by atoms with Gasteiger partial charge in [-0.3, -0.25) is 4.79 Å². The third kappa shape index (κ3) is 7.71. The van der Waals surface area contributed by atoms with Crippen LogP contribution >= 0.6 is 0 Å². The molecule has 0 spiro atoms. The molecule has 0 fully saturated rings. The number of alkyl halides is 3. The van der Waals surface area contributed by atoms with Crippen LogP contribution in [0.3, 0.4) is 0 Å². The SMILES string of the molecule is C[NH+](C)CC(C)(C)CNS(=O)(=O)c1ccc(C(=O)NCC(F)(F)F)cc1. The van der Waals surface area contributed by atoms with Gasteiger partial charge in [0.2, 0.25) is 10.0 Å². The Morgan fingerprint density at radius 1 is 1.08 bits per heavy atom. The number of nitrogens with one attached hydrogen (secondary N) is 3. The number of sulfonamides is 1. The van der Waals surface area contributed by atoms with E-state index in [0.29, 0.717) is 0 Å². The summed E-state index contributed by atoms with van der Waals surface area (Å²) in [6, 6.07) is 4.73. The third-order valence-electron chi connectivity index (χ3n) is 3.45. The maximum Gasteiger partial charge on any atom is 0.405 e. The van der Waals surface area contributed by atoms with Gasteiger partial charge in [-0.15, -0.1) is 0 Å². The van der Waals surface area contributed by atoms with Gasteiger partial charge in [-0.05, 0) is 24.3 Å². The molecule has 148 valence electrons. The summed E-state index contributed by atoms with van der Waals surface area (Å²) in [4.78, 5) is 12.8. The standard InChI is InChI=1S/C16H24F3N3O3S/c1-15(2,11-22(3)4)9-21-26(24,25)13-7-5-12(6-8-13)14(23)20-10-16(17,18)19/h5-8,21H,9-11H2,1-4H3,(H,20,23)/p+1. The molecular weight excluding hydrogens is 371 g/mol. The van der Waals surface area contributed by atoms with Crippen molar-refractivity contribution in [1.82, 2.24) is 10.0 Å². The van der Waals surface area contributed by atoms with E-state index in [-0.39, 0.29) is 22.4 Å². The molecule has 26 heavy (non-hydrogen) atoms. The first-order valence-electron chi connectivity index (χ1n) is 7.96. The molecule has 0 aliphatic rings. The number of rotatable bonds is 8. The van der Waals surface area contributed by atoms with Crippen LogP contribution in [0.25, 0.3) is 0 Å². The molecule has 10 heteroatoms. The highest BCUT2D eigenvalue weighted by atomic mass is 32.2. The Bertz CT molecular complexity index is 714. The Balaban J connectivity index is 2.76. The summed E-state index contributed by atoms with van der Waals surface area (Å²) in [5.74, 6) is -0.922. The largest absolute Gasteiger partial charge is 0.405 e. The van der Waals surface area contributed by atoms with Crippen LogP contribution in [-0.2, 0) is 10.0 Å². The fourth-order valence-corrected chi connectivity index (χ4v) is 3.70. The molecule has 0 unspecified atom stereocenters. The maximum absolute atomic E-state index is 12.3. The summed E-state index contributed by atoms with van der Waals surface area (Å²) < 4.78 is 63.5. The predicted molar refractivity (Wildman–Crippen MR) is 91.5 cm³/mol. The molecule has 0 aliphatic carbocycles.